The summed E-state index contributed by atoms with van der Waals surface area (Å²) in [5.74, 6) is -0.108. The quantitative estimate of drug-likeness (QED) is 0.812. The summed E-state index contributed by atoms with van der Waals surface area (Å²) < 4.78 is 24.6. The molecule has 0 bridgehead atoms. The number of carbonyl (C=O) groups excluding carboxylic acids is 1. The lowest BCUT2D eigenvalue weighted by molar-refractivity contribution is 0.0692. The summed E-state index contributed by atoms with van der Waals surface area (Å²) in [7, 11) is -3.20. The Morgan fingerprint density at radius 1 is 1.16 bits per heavy atom. The van der Waals surface area contributed by atoms with Gasteiger partial charge in [-0.1, -0.05) is 30.3 Å². The number of amides is 1. The summed E-state index contributed by atoms with van der Waals surface area (Å²) in [6, 6.07) is 10.0. The van der Waals surface area contributed by atoms with E-state index >= 15 is 0 Å². The van der Waals surface area contributed by atoms with Crippen molar-refractivity contribution in [3.8, 4) is 0 Å². The second-order valence-corrected chi connectivity index (χ2v) is 9.39. The second kappa shape index (κ2) is 7.23. The SMILES string of the molecule is Cc1nc(C(=O)N2CCN(S(C)(=O)=O)CC2)c(Cc2ccccc2)s1. The highest BCUT2D eigenvalue weighted by molar-refractivity contribution is 7.88. The van der Waals surface area contributed by atoms with Crippen molar-refractivity contribution in [1.82, 2.24) is 14.2 Å². The second-order valence-electron chi connectivity index (χ2n) is 6.12. The molecule has 1 aliphatic rings. The molecule has 134 valence electrons. The Kier molecular flexibility index (Phi) is 5.21. The summed E-state index contributed by atoms with van der Waals surface area (Å²) in [6.07, 6.45) is 1.88. The number of benzene rings is 1. The number of nitrogens with zero attached hydrogens (tertiary/aromatic N) is 3. The third kappa shape index (κ3) is 4.26. The van der Waals surface area contributed by atoms with Crippen molar-refractivity contribution in [2.75, 3.05) is 32.4 Å². The minimum absolute atomic E-state index is 0.108. The minimum Gasteiger partial charge on any atom is -0.335 e. The van der Waals surface area contributed by atoms with Gasteiger partial charge in [0.15, 0.2) is 0 Å². The van der Waals surface area contributed by atoms with Crippen LogP contribution in [0.25, 0.3) is 0 Å². The molecule has 6 nitrogen and oxygen atoms in total. The summed E-state index contributed by atoms with van der Waals surface area (Å²) in [5, 5.41) is 0.865. The van der Waals surface area contributed by atoms with Crippen LogP contribution in [0, 0.1) is 6.92 Å². The number of hydrogen-bond donors (Lipinski definition) is 0. The van der Waals surface area contributed by atoms with Crippen LogP contribution in [0.2, 0.25) is 0 Å². The summed E-state index contributed by atoms with van der Waals surface area (Å²) in [5.41, 5.74) is 1.64. The van der Waals surface area contributed by atoms with Crippen LogP contribution in [0.3, 0.4) is 0 Å². The Morgan fingerprint density at radius 2 is 1.80 bits per heavy atom. The van der Waals surface area contributed by atoms with Crippen molar-refractivity contribution in [1.29, 1.82) is 0 Å². The van der Waals surface area contributed by atoms with Crippen LogP contribution in [-0.2, 0) is 16.4 Å². The lowest BCUT2D eigenvalue weighted by Crippen LogP contribution is -2.50. The predicted octanol–water partition coefficient (Wildman–Crippen LogP) is 1.76. The zero-order chi connectivity index (χ0) is 18.0. The number of aryl methyl sites for hydroxylation is 1. The van der Waals surface area contributed by atoms with Crippen molar-refractivity contribution in [3.05, 3.63) is 51.5 Å². The molecular weight excluding hydrogens is 358 g/mol. The molecule has 8 heteroatoms. The monoisotopic (exact) mass is 379 g/mol. The number of sulfonamides is 1. The molecule has 1 fully saturated rings. The van der Waals surface area contributed by atoms with Gasteiger partial charge in [0.05, 0.1) is 11.3 Å². The third-order valence-corrected chi connectivity index (χ3v) is 6.48. The van der Waals surface area contributed by atoms with Gasteiger partial charge in [-0.15, -0.1) is 11.3 Å². The molecule has 1 aliphatic heterocycles. The zero-order valence-corrected chi connectivity index (χ0v) is 15.9. The van der Waals surface area contributed by atoms with Crippen LogP contribution in [0.5, 0.6) is 0 Å². The predicted molar refractivity (Wildman–Crippen MR) is 98.4 cm³/mol. The lowest BCUT2D eigenvalue weighted by Gasteiger charge is -2.33. The maximum absolute atomic E-state index is 12.9. The van der Waals surface area contributed by atoms with Crippen molar-refractivity contribution in [2.45, 2.75) is 13.3 Å². The fraction of sp³-hybridized carbons (Fsp3) is 0.412. The van der Waals surface area contributed by atoms with Crippen molar-refractivity contribution >= 4 is 27.3 Å². The van der Waals surface area contributed by atoms with E-state index in [-0.39, 0.29) is 5.91 Å². The fourth-order valence-electron chi connectivity index (χ4n) is 2.91. The first-order valence-corrected chi connectivity index (χ1v) is 10.8. The number of hydrogen-bond acceptors (Lipinski definition) is 5. The van der Waals surface area contributed by atoms with Gasteiger partial charge in [0.25, 0.3) is 5.91 Å². The molecule has 0 N–H and O–H groups in total. The van der Waals surface area contributed by atoms with E-state index in [2.05, 4.69) is 4.98 Å². The maximum atomic E-state index is 12.9. The molecule has 1 amide bonds. The van der Waals surface area contributed by atoms with E-state index in [9.17, 15) is 13.2 Å². The molecule has 25 heavy (non-hydrogen) atoms. The zero-order valence-electron chi connectivity index (χ0n) is 14.3. The van der Waals surface area contributed by atoms with Gasteiger partial charge in [-0.05, 0) is 12.5 Å². The molecule has 1 aromatic heterocycles. The molecule has 0 atom stereocenters. The van der Waals surface area contributed by atoms with Crippen LogP contribution in [-0.4, -0.2) is 60.9 Å². The van der Waals surface area contributed by atoms with E-state index in [1.54, 1.807) is 16.2 Å². The average molecular weight is 380 g/mol. The highest BCUT2D eigenvalue weighted by Crippen LogP contribution is 2.23. The van der Waals surface area contributed by atoms with E-state index < -0.39 is 10.0 Å². The lowest BCUT2D eigenvalue weighted by atomic mass is 10.1. The summed E-state index contributed by atoms with van der Waals surface area (Å²) in [4.78, 5) is 20.0. The molecule has 2 aromatic rings. The topological polar surface area (TPSA) is 70.6 Å². The van der Waals surface area contributed by atoms with Gasteiger partial charge in [-0.25, -0.2) is 13.4 Å². The van der Waals surface area contributed by atoms with Crippen molar-refractivity contribution in [2.24, 2.45) is 0 Å². The van der Waals surface area contributed by atoms with Crippen molar-refractivity contribution in [3.63, 3.8) is 0 Å². The van der Waals surface area contributed by atoms with Gasteiger partial charge in [-0.3, -0.25) is 4.79 Å². The van der Waals surface area contributed by atoms with Gasteiger partial charge in [0.1, 0.15) is 5.69 Å². The first-order chi connectivity index (χ1) is 11.8. The van der Waals surface area contributed by atoms with Gasteiger partial charge in [-0.2, -0.15) is 4.31 Å². The summed E-state index contributed by atoms with van der Waals surface area (Å²) in [6.45, 7) is 3.36. The van der Waals surface area contributed by atoms with E-state index in [0.717, 1.165) is 15.4 Å². The summed E-state index contributed by atoms with van der Waals surface area (Å²) >= 11 is 1.54. The van der Waals surface area contributed by atoms with E-state index in [4.69, 9.17) is 0 Å². The molecular formula is C17H21N3O3S2. The van der Waals surface area contributed by atoms with Crippen LogP contribution < -0.4 is 0 Å². The fourth-order valence-corrected chi connectivity index (χ4v) is 4.70. The number of rotatable bonds is 4. The van der Waals surface area contributed by atoms with Crippen molar-refractivity contribution < 1.29 is 13.2 Å². The molecule has 2 heterocycles. The molecule has 0 unspecified atom stereocenters. The normalized spacial score (nSPS) is 16.2. The maximum Gasteiger partial charge on any atom is 0.273 e. The average Bonchev–Trinajstić information content (AvgIpc) is 2.95. The van der Waals surface area contributed by atoms with Crippen LogP contribution >= 0.6 is 11.3 Å². The Hall–Kier alpha value is -1.77. The molecule has 0 spiro atoms. The van der Waals surface area contributed by atoms with Crippen LogP contribution in [0.4, 0.5) is 0 Å². The number of thiazole rings is 1. The van der Waals surface area contributed by atoms with Crippen LogP contribution in [0.1, 0.15) is 25.9 Å². The Morgan fingerprint density at radius 3 is 2.40 bits per heavy atom. The third-order valence-electron chi connectivity index (χ3n) is 4.21. The Bertz CT molecular complexity index is 855. The van der Waals surface area contributed by atoms with Gasteiger partial charge < -0.3 is 4.90 Å². The standard InChI is InChI=1S/C17H21N3O3S2/c1-13-18-16(15(24-13)12-14-6-4-3-5-7-14)17(21)19-8-10-20(11-9-19)25(2,22)23/h3-7H,8-12H2,1-2H3. The van der Waals surface area contributed by atoms with E-state index in [1.165, 1.54) is 10.6 Å². The van der Waals surface area contributed by atoms with Gasteiger partial charge in [0, 0.05) is 37.5 Å². The number of piperazine rings is 1. The largest absolute Gasteiger partial charge is 0.335 e. The molecule has 0 aliphatic carbocycles. The smallest absolute Gasteiger partial charge is 0.273 e. The molecule has 1 aromatic carbocycles. The minimum atomic E-state index is -3.20. The molecule has 0 saturated carbocycles. The van der Waals surface area contributed by atoms with E-state index in [0.29, 0.717) is 38.3 Å². The number of aromatic nitrogens is 1. The first kappa shape index (κ1) is 18.0. The highest BCUT2D eigenvalue weighted by Gasteiger charge is 2.29. The molecule has 3 rings (SSSR count). The highest BCUT2D eigenvalue weighted by atomic mass is 32.2. The van der Waals surface area contributed by atoms with Crippen LogP contribution in [0.15, 0.2) is 30.3 Å². The molecule has 1 saturated heterocycles. The molecule has 0 radical (unpaired) electrons. The first-order valence-electron chi connectivity index (χ1n) is 8.09. The number of carbonyl (C=O) groups is 1. The van der Waals surface area contributed by atoms with Gasteiger partial charge in [0.2, 0.25) is 10.0 Å². The Labute approximate surface area is 152 Å². The Balaban J connectivity index is 1.75. The van der Waals surface area contributed by atoms with E-state index in [1.807, 2.05) is 37.3 Å². The van der Waals surface area contributed by atoms with Gasteiger partial charge >= 0.3 is 0 Å².